The van der Waals surface area contributed by atoms with Gasteiger partial charge in [0.15, 0.2) is 5.75 Å². The van der Waals surface area contributed by atoms with Crippen LogP contribution in [0.5, 0.6) is 11.8 Å². The van der Waals surface area contributed by atoms with E-state index in [0.717, 1.165) is 17.8 Å². The fraction of sp³-hybridized carbons (Fsp3) is 0.462. The maximum atomic E-state index is 5.53. The third-order valence-electron chi connectivity index (χ3n) is 2.65. The highest BCUT2D eigenvalue weighted by molar-refractivity contribution is 5.21. The summed E-state index contributed by atoms with van der Waals surface area (Å²) in [6.45, 7) is 6.93. The summed E-state index contributed by atoms with van der Waals surface area (Å²) in [6.07, 6.45) is 5.20. The number of hydrogen-bond donors (Lipinski definition) is 1. The van der Waals surface area contributed by atoms with E-state index in [4.69, 9.17) is 4.74 Å². The minimum absolute atomic E-state index is 0.346. The zero-order valence-electron chi connectivity index (χ0n) is 11.7. The molecule has 0 aromatic carbocycles. The Morgan fingerprint density at radius 2 is 2.16 bits per heavy atom. The zero-order valence-corrected chi connectivity index (χ0v) is 11.7. The molecule has 0 radical (unpaired) electrons. The number of hydrogen-bond acceptors (Lipinski definition) is 5. The maximum Gasteiger partial charge on any atom is 0.322 e. The fourth-order valence-electron chi connectivity index (χ4n) is 1.56. The molecule has 2 aromatic heterocycles. The van der Waals surface area contributed by atoms with Crippen molar-refractivity contribution in [2.24, 2.45) is 7.05 Å². The molecule has 0 atom stereocenters. The van der Waals surface area contributed by atoms with Gasteiger partial charge >= 0.3 is 6.01 Å². The molecule has 19 heavy (non-hydrogen) atoms. The van der Waals surface area contributed by atoms with E-state index in [9.17, 15) is 0 Å². The van der Waals surface area contributed by atoms with Crippen LogP contribution in [0.4, 0.5) is 0 Å². The van der Waals surface area contributed by atoms with Crippen LogP contribution >= 0.6 is 0 Å². The van der Waals surface area contributed by atoms with Crippen molar-refractivity contribution in [1.82, 2.24) is 25.1 Å². The molecule has 0 spiro atoms. The summed E-state index contributed by atoms with van der Waals surface area (Å²) in [5, 5.41) is 7.37. The number of nitrogens with zero attached hydrogens (tertiary/aromatic N) is 4. The third kappa shape index (κ3) is 3.75. The SMILES string of the molecule is Cc1nc(Oc2cnn(C)c2)ncc1CNC(C)C. The molecular formula is C13H19N5O. The molecule has 0 bridgehead atoms. The van der Waals surface area contributed by atoms with Gasteiger partial charge in [-0.1, -0.05) is 13.8 Å². The van der Waals surface area contributed by atoms with E-state index in [0.29, 0.717) is 17.8 Å². The van der Waals surface area contributed by atoms with Gasteiger partial charge in [-0.05, 0) is 6.92 Å². The van der Waals surface area contributed by atoms with E-state index in [1.807, 2.05) is 14.0 Å². The van der Waals surface area contributed by atoms with Crippen molar-refractivity contribution in [3.05, 3.63) is 29.8 Å². The van der Waals surface area contributed by atoms with Crippen LogP contribution in [0.2, 0.25) is 0 Å². The largest absolute Gasteiger partial charge is 0.421 e. The second kappa shape index (κ2) is 5.79. The Bertz CT molecular complexity index is 550. The van der Waals surface area contributed by atoms with Crippen LogP contribution in [-0.2, 0) is 13.6 Å². The Morgan fingerprint density at radius 1 is 1.37 bits per heavy atom. The standard InChI is InChI=1S/C13H19N5O/c1-9(2)14-5-11-6-15-13(17-10(11)3)19-12-7-16-18(4)8-12/h6-9,14H,5H2,1-4H3. The molecule has 6 nitrogen and oxygen atoms in total. The molecule has 102 valence electrons. The molecule has 0 saturated heterocycles. The summed E-state index contributed by atoms with van der Waals surface area (Å²) in [6, 6.07) is 0.782. The lowest BCUT2D eigenvalue weighted by atomic mass is 10.2. The molecule has 2 rings (SSSR count). The van der Waals surface area contributed by atoms with Crippen LogP contribution in [0.1, 0.15) is 25.1 Å². The predicted molar refractivity (Wildman–Crippen MR) is 72.0 cm³/mol. The Balaban J connectivity index is 2.06. The molecule has 0 aliphatic heterocycles. The molecule has 0 saturated carbocycles. The van der Waals surface area contributed by atoms with E-state index in [-0.39, 0.29) is 0 Å². The molecule has 0 unspecified atom stereocenters. The summed E-state index contributed by atoms with van der Waals surface area (Å²) in [4.78, 5) is 8.56. The van der Waals surface area contributed by atoms with Crippen molar-refractivity contribution in [2.45, 2.75) is 33.4 Å². The van der Waals surface area contributed by atoms with Crippen LogP contribution in [0.3, 0.4) is 0 Å². The van der Waals surface area contributed by atoms with E-state index in [2.05, 4.69) is 34.2 Å². The molecule has 6 heteroatoms. The monoisotopic (exact) mass is 261 g/mol. The highest BCUT2D eigenvalue weighted by atomic mass is 16.5. The van der Waals surface area contributed by atoms with Gasteiger partial charge in [0.2, 0.25) is 0 Å². The first kappa shape index (κ1) is 13.5. The van der Waals surface area contributed by atoms with Crippen LogP contribution < -0.4 is 10.1 Å². The first-order valence-corrected chi connectivity index (χ1v) is 6.27. The van der Waals surface area contributed by atoms with Gasteiger partial charge in [-0.15, -0.1) is 0 Å². The van der Waals surface area contributed by atoms with E-state index >= 15 is 0 Å². The van der Waals surface area contributed by atoms with Crippen LogP contribution in [-0.4, -0.2) is 25.8 Å². The first-order valence-electron chi connectivity index (χ1n) is 6.27. The van der Waals surface area contributed by atoms with E-state index in [1.54, 1.807) is 23.3 Å². The molecular weight excluding hydrogens is 242 g/mol. The molecule has 1 N–H and O–H groups in total. The topological polar surface area (TPSA) is 64.9 Å². The Kier molecular flexibility index (Phi) is 4.11. The lowest BCUT2D eigenvalue weighted by Crippen LogP contribution is -2.22. The fourth-order valence-corrected chi connectivity index (χ4v) is 1.56. The number of rotatable bonds is 5. The Hall–Kier alpha value is -1.95. The quantitative estimate of drug-likeness (QED) is 0.889. The predicted octanol–water partition coefficient (Wildman–Crippen LogP) is 1.81. The zero-order chi connectivity index (χ0) is 13.8. The normalized spacial score (nSPS) is 11.0. The van der Waals surface area contributed by atoms with E-state index in [1.165, 1.54) is 0 Å². The van der Waals surface area contributed by atoms with Gasteiger partial charge in [0.05, 0.1) is 12.4 Å². The van der Waals surface area contributed by atoms with Crippen molar-refractivity contribution in [1.29, 1.82) is 0 Å². The smallest absolute Gasteiger partial charge is 0.322 e. The molecule has 2 heterocycles. The Morgan fingerprint density at radius 3 is 2.74 bits per heavy atom. The van der Waals surface area contributed by atoms with Crippen molar-refractivity contribution in [3.8, 4) is 11.8 Å². The summed E-state index contributed by atoms with van der Waals surface area (Å²) in [5.41, 5.74) is 1.99. The maximum absolute atomic E-state index is 5.53. The molecule has 0 aliphatic carbocycles. The van der Waals surface area contributed by atoms with Gasteiger partial charge < -0.3 is 10.1 Å². The van der Waals surface area contributed by atoms with Gasteiger partial charge in [-0.2, -0.15) is 10.1 Å². The Labute approximate surface area is 112 Å². The van der Waals surface area contributed by atoms with Crippen LogP contribution in [0, 0.1) is 6.92 Å². The minimum atomic E-state index is 0.346. The highest BCUT2D eigenvalue weighted by Crippen LogP contribution is 2.17. The second-order valence-corrected chi connectivity index (χ2v) is 4.75. The van der Waals surface area contributed by atoms with Crippen LogP contribution in [0.25, 0.3) is 0 Å². The lowest BCUT2D eigenvalue weighted by Gasteiger charge is -2.10. The van der Waals surface area contributed by atoms with Gasteiger partial charge in [0.25, 0.3) is 0 Å². The summed E-state index contributed by atoms with van der Waals surface area (Å²) < 4.78 is 7.20. The molecule has 0 fully saturated rings. The van der Waals surface area contributed by atoms with Crippen molar-refractivity contribution >= 4 is 0 Å². The number of nitrogens with one attached hydrogen (secondary N) is 1. The van der Waals surface area contributed by atoms with Crippen molar-refractivity contribution < 1.29 is 4.74 Å². The number of ether oxygens (including phenoxy) is 1. The average Bonchev–Trinajstić information content (AvgIpc) is 2.73. The summed E-state index contributed by atoms with van der Waals surface area (Å²) in [7, 11) is 1.83. The van der Waals surface area contributed by atoms with Crippen molar-refractivity contribution in [2.75, 3.05) is 0 Å². The summed E-state index contributed by atoms with van der Waals surface area (Å²) in [5.74, 6) is 0.634. The number of aryl methyl sites for hydroxylation is 2. The number of aromatic nitrogens is 4. The molecule has 0 aliphatic rings. The first-order chi connectivity index (χ1) is 9.04. The van der Waals surface area contributed by atoms with Crippen molar-refractivity contribution in [3.63, 3.8) is 0 Å². The molecule has 0 amide bonds. The van der Waals surface area contributed by atoms with Gasteiger partial charge in [0.1, 0.15) is 0 Å². The molecule has 2 aromatic rings. The second-order valence-electron chi connectivity index (χ2n) is 4.75. The average molecular weight is 261 g/mol. The van der Waals surface area contributed by atoms with Crippen LogP contribution in [0.15, 0.2) is 18.6 Å². The van der Waals surface area contributed by atoms with E-state index < -0.39 is 0 Å². The third-order valence-corrected chi connectivity index (χ3v) is 2.65. The lowest BCUT2D eigenvalue weighted by molar-refractivity contribution is 0.438. The summed E-state index contributed by atoms with van der Waals surface area (Å²) >= 11 is 0. The van der Waals surface area contributed by atoms with Gasteiger partial charge in [-0.3, -0.25) is 4.68 Å². The van der Waals surface area contributed by atoms with Gasteiger partial charge in [-0.25, -0.2) is 4.98 Å². The minimum Gasteiger partial charge on any atom is -0.421 e. The highest BCUT2D eigenvalue weighted by Gasteiger charge is 2.07. The van der Waals surface area contributed by atoms with Gasteiger partial charge in [0, 0.05) is 37.1 Å².